The second kappa shape index (κ2) is 10.7. The molecule has 1 unspecified atom stereocenters. The van der Waals surface area contributed by atoms with Gasteiger partial charge in [-0.05, 0) is 55.4 Å². The zero-order valence-corrected chi connectivity index (χ0v) is 21.9. The Labute approximate surface area is 222 Å². The average Bonchev–Trinajstić information content (AvgIpc) is 3.60. The van der Waals surface area contributed by atoms with Crippen molar-refractivity contribution >= 4 is 21.7 Å². The van der Waals surface area contributed by atoms with Crippen LogP contribution in [-0.4, -0.2) is 50.3 Å². The van der Waals surface area contributed by atoms with Crippen LogP contribution < -0.4 is 10.1 Å². The summed E-state index contributed by atoms with van der Waals surface area (Å²) in [5.74, 6) is -5.39. The van der Waals surface area contributed by atoms with Crippen molar-refractivity contribution in [2.24, 2.45) is 11.8 Å². The van der Waals surface area contributed by atoms with E-state index in [1.807, 2.05) is 6.92 Å². The third-order valence-electron chi connectivity index (χ3n) is 7.04. The predicted octanol–water partition coefficient (Wildman–Crippen LogP) is 4.78. The second-order valence-corrected chi connectivity index (χ2v) is 12.0. The smallest absolute Gasteiger partial charge is 0.403 e. The zero-order chi connectivity index (χ0) is 28.7. The van der Waals surface area contributed by atoms with Gasteiger partial charge in [-0.2, -0.15) is 0 Å². The van der Waals surface area contributed by atoms with Gasteiger partial charge < -0.3 is 15.0 Å². The maximum atomic E-state index is 14.9. The van der Waals surface area contributed by atoms with E-state index in [0.29, 0.717) is 37.8 Å². The highest BCUT2D eigenvalue weighted by Crippen LogP contribution is 2.43. The number of carbonyl (C=O) groups is 2. The van der Waals surface area contributed by atoms with E-state index in [-0.39, 0.29) is 34.4 Å². The van der Waals surface area contributed by atoms with Gasteiger partial charge in [0.15, 0.2) is 21.4 Å². The molecule has 0 radical (unpaired) electrons. The Hall–Kier alpha value is -3.22. The maximum absolute atomic E-state index is 14.9. The molecule has 13 heteroatoms. The van der Waals surface area contributed by atoms with Gasteiger partial charge in [-0.15, -0.1) is 13.2 Å². The highest BCUT2D eigenvalue weighted by Gasteiger charge is 2.43. The number of hydrogen-bond donors (Lipinski definition) is 1. The Bertz CT molecular complexity index is 1380. The fourth-order valence-electron chi connectivity index (χ4n) is 4.83. The largest absolute Gasteiger partial charge is 0.573 e. The van der Waals surface area contributed by atoms with E-state index in [9.17, 15) is 40.0 Å². The minimum atomic E-state index is -5.21. The molecule has 2 fully saturated rings. The van der Waals surface area contributed by atoms with Crippen molar-refractivity contribution in [3.8, 4) is 5.75 Å². The number of likely N-dealkylation sites (tertiary alicyclic amines) is 1. The summed E-state index contributed by atoms with van der Waals surface area (Å²) in [6, 6.07) is 4.36. The average molecular weight is 575 g/mol. The van der Waals surface area contributed by atoms with E-state index in [4.69, 9.17) is 0 Å². The molecule has 1 saturated carbocycles. The molecule has 7 nitrogen and oxygen atoms in total. The topological polar surface area (TPSA) is 92.8 Å². The number of rotatable bonds is 8. The van der Waals surface area contributed by atoms with E-state index in [0.717, 1.165) is 6.26 Å². The normalized spacial score (nSPS) is 20.5. The molecule has 0 bridgehead atoms. The lowest BCUT2D eigenvalue weighted by Gasteiger charge is -2.27. The van der Waals surface area contributed by atoms with E-state index >= 15 is 0 Å². The van der Waals surface area contributed by atoms with Crippen LogP contribution in [0.2, 0.25) is 0 Å². The molecule has 1 saturated heterocycles. The van der Waals surface area contributed by atoms with Gasteiger partial charge in [-0.3, -0.25) is 9.59 Å². The van der Waals surface area contributed by atoms with E-state index < -0.39 is 57.5 Å². The molecule has 2 aromatic rings. The minimum Gasteiger partial charge on any atom is -0.403 e. The summed E-state index contributed by atoms with van der Waals surface area (Å²) in [6.45, 7) is 2.13. The Morgan fingerprint density at radius 2 is 1.82 bits per heavy atom. The molecule has 1 heterocycles. The van der Waals surface area contributed by atoms with Crippen LogP contribution in [0.25, 0.3) is 0 Å². The number of alkyl halides is 3. The molecule has 1 aliphatic carbocycles. The van der Waals surface area contributed by atoms with Crippen LogP contribution in [0.3, 0.4) is 0 Å². The van der Waals surface area contributed by atoms with Crippen molar-refractivity contribution in [1.82, 2.24) is 10.2 Å². The molecule has 1 N–H and O–H groups in total. The number of sulfone groups is 1. The number of nitrogens with one attached hydrogen (secondary N) is 1. The Balaban J connectivity index is 1.59. The second-order valence-electron chi connectivity index (χ2n) is 9.96. The van der Waals surface area contributed by atoms with Gasteiger partial charge >= 0.3 is 6.36 Å². The monoisotopic (exact) mass is 574 g/mol. The number of amides is 2. The van der Waals surface area contributed by atoms with E-state index in [2.05, 4.69) is 10.1 Å². The van der Waals surface area contributed by atoms with Crippen LogP contribution in [0.15, 0.2) is 41.3 Å². The molecule has 2 aliphatic rings. The van der Waals surface area contributed by atoms with Gasteiger partial charge in [-0.25, -0.2) is 17.2 Å². The predicted molar refractivity (Wildman–Crippen MR) is 129 cm³/mol. The lowest BCUT2D eigenvalue weighted by molar-refractivity contribution is -0.275. The van der Waals surface area contributed by atoms with Crippen molar-refractivity contribution < 1.29 is 44.7 Å². The Morgan fingerprint density at radius 1 is 1.13 bits per heavy atom. The molecular formula is C26H27F5N2O5S. The van der Waals surface area contributed by atoms with Crippen molar-refractivity contribution in [3.63, 3.8) is 0 Å². The lowest BCUT2D eigenvalue weighted by Crippen LogP contribution is -2.47. The summed E-state index contributed by atoms with van der Waals surface area (Å²) < 4.78 is 94.3. The molecule has 2 aromatic carbocycles. The number of nitrogens with zero attached hydrogens (tertiary/aromatic N) is 1. The van der Waals surface area contributed by atoms with Gasteiger partial charge in [-0.1, -0.05) is 19.4 Å². The summed E-state index contributed by atoms with van der Waals surface area (Å²) in [5.41, 5.74) is -0.235. The standard InChI is InChI=1S/C26H27F5N2O5S/c1-3-14-9-21(33(13-14)25(35)16-5-4-6-17(10-16)39(2,36)37)24(34)32-23(15-7-8-15)18-11-20(28)22(12-19(18)27)38-26(29,30)31/h4-6,10-12,14-15,21,23H,3,7-9,13H2,1-2H3,(H,32,34)/t14-,21-,23?/m1/s1. The van der Waals surface area contributed by atoms with Gasteiger partial charge in [0.2, 0.25) is 5.91 Å². The fraction of sp³-hybridized carbons (Fsp3) is 0.462. The number of ether oxygens (including phenoxy) is 1. The Kier molecular flexibility index (Phi) is 7.93. The zero-order valence-electron chi connectivity index (χ0n) is 21.1. The molecule has 39 heavy (non-hydrogen) atoms. The van der Waals surface area contributed by atoms with Crippen LogP contribution in [0.5, 0.6) is 5.75 Å². The number of halogens is 5. The first kappa shape index (κ1) is 28.8. The summed E-state index contributed by atoms with van der Waals surface area (Å²) in [7, 11) is -3.59. The lowest BCUT2D eigenvalue weighted by atomic mass is 9.99. The Morgan fingerprint density at radius 3 is 2.41 bits per heavy atom. The fourth-order valence-corrected chi connectivity index (χ4v) is 5.50. The van der Waals surface area contributed by atoms with E-state index in [1.165, 1.54) is 29.2 Å². The van der Waals surface area contributed by atoms with Gasteiger partial charge in [0.25, 0.3) is 5.91 Å². The van der Waals surface area contributed by atoms with Crippen LogP contribution in [0, 0.1) is 23.5 Å². The van der Waals surface area contributed by atoms with Crippen molar-refractivity contribution in [3.05, 3.63) is 59.2 Å². The molecule has 4 rings (SSSR count). The van der Waals surface area contributed by atoms with Crippen molar-refractivity contribution in [1.29, 1.82) is 0 Å². The first-order chi connectivity index (χ1) is 18.2. The minimum absolute atomic E-state index is 0.0323. The molecule has 212 valence electrons. The summed E-state index contributed by atoms with van der Waals surface area (Å²) in [5, 5.41) is 2.69. The van der Waals surface area contributed by atoms with Crippen molar-refractivity contribution in [2.75, 3.05) is 12.8 Å². The molecule has 0 spiro atoms. The molecule has 0 aromatic heterocycles. The third kappa shape index (κ3) is 6.68. The highest BCUT2D eigenvalue weighted by molar-refractivity contribution is 7.90. The molecule has 3 atom stereocenters. The number of benzene rings is 2. The van der Waals surface area contributed by atoms with Crippen LogP contribution in [-0.2, 0) is 14.6 Å². The quantitative estimate of drug-likeness (QED) is 0.459. The summed E-state index contributed by atoms with van der Waals surface area (Å²) in [4.78, 5) is 28.1. The van der Waals surface area contributed by atoms with Gasteiger partial charge in [0, 0.05) is 30.0 Å². The maximum Gasteiger partial charge on any atom is 0.573 e. The first-order valence-corrected chi connectivity index (χ1v) is 14.2. The molecular weight excluding hydrogens is 547 g/mol. The van der Waals surface area contributed by atoms with E-state index in [1.54, 1.807) is 0 Å². The van der Waals surface area contributed by atoms with Crippen molar-refractivity contribution in [2.45, 2.75) is 55.9 Å². The van der Waals surface area contributed by atoms with Gasteiger partial charge in [0.05, 0.1) is 10.9 Å². The number of hydrogen-bond acceptors (Lipinski definition) is 5. The van der Waals surface area contributed by atoms with Crippen LogP contribution in [0.1, 0.15) is 54.6 Å². The molecule has 2 amide bonds. The van der Waals surface area contributed by atoms with Gasteiger partial charge in [0.1, 0.15) is 11.9 Å². The first-order valence-electron chi connectivity index (χ1n) is 12.3. The highest BCUT2D eigenvalue weighted by atomic mass is 32.2. The third-order valence-corrected chi connectivity index (χ3v) is 8.15. The van der Waals surface area contributed by atoms with Crippen LogP contribution in [0.4, 0.5) is 22.0 Å². The SMILES string of the molecule is CC[C@@H]1C[C@H](C(=O)NC(c2cc(F)c(OC(F)(F)F)cc2F)C2CC2)N(C(=O)c2cccc(S(C)(=O)=O)c2)C1. The number of carbonyl (C=O) groups excluding carboxylic acids is 2. The van der Waals surface area contributed by atoms with Crippen LogP contribution >= 0.6 is 0 Å². The summed E-state index contributed by atoms with van der Waals surface area (Å²) in [6.07, 6.45) is -2.09. The molecule has 1 aliphatic heterocycles. The summed E-state index contributed by atoms with van der Waals surface area (Å²) >= 11 is 0.